The molecule has 0 aliphatic heterocycles. The molecule has 0 fully saturated rings. The Labute approximate surface area is 242 Å². The lowest BCUT2D eigenvalue weighted by Crippen LogP contribution is -2.65. The molecule has 0 aromatic carbocycles. The minimum absolute atomic E-state index is 0.400. The highest BCUT2D eigenvalue weighted by Gasteiger charge is 2.75. The molecule has 26 heavy (non-hydrogen) atoms. The van der Waals surface area contributed by atoms with Crippen LogP contribution in [-0.2, 0) is 0 Å². The molecule has 0 spiro atoms. The van der Waals surface area contributed by atoms with Gasteiger partial charge in [0, 0.05) is 6.42 Å². The molecule has 0 N–H and O–H groups in total. The van der Waals surface area contributed by atoms with Crippen LogP contribution in [0, 0.1) is 0 Å². The van der Waals surface area contributed by atoms with Crippen molar-refractivity contribution in [2.24, 2.45) is 0 Å². The second-order valence-electron chi connectivity index (χ2n) is 4.76. The van der Waals surface area contributed by atoms with Crippen molar-refractivity contribution in [2.45, 2.75) is 39.9 Å². The average Bonchev–Trinajstić information content (AvgIpc) is 2.32. The van der Waals surface area contributed by atoms with Crippen molar-refractivity contribution in [3.63, 3.8) is 0 Å². The minimum Gasteiger partial charge on any atom is -0.116 e. The number of rotatable bonds is 8. The maximum Gasteiger partial charge on any atom is 0.207 e. The van der Waals surface area contributed by atoms with Gasteiger partial charge in [-0.05, 0) is 31.9 Å². The lowest BCUT2D eigenvalue weighted by Gasteiger charge is -2.50. The largest absolute Gasteiger partial charge is 0.207 e. The molecular formula is C9H3Br2Cl15. The molecule has 0 aromatic rings. The van der Waals surface area contributed by atoms with Gasteiger partial charge in [0.25, 0.3) is 0 Å². The maximum atomic E-state index is 6.24. The Kier molecular flexibility index (Phi) is 11.9. The third-order valence-electron chi connectivity index (χ3n) is 2.69. The molecular weight excluding hydrogens is 800 g/mol. The molecule has 0 nitrogen and oxygen atoms in total. The van der Waals surface area contributed by atoms with E-state index < -0.39 is 39.9 Å². The van der Waals surface area contributed by atoms with Crippen LogP contribution >= 0.6 is 206 Å². The van der Waals surface area contributed by atoms with E-state index in [0.717, 1.165) is 0 Å². The first-order chi connectivity index (χ1) is 10.9. The third kappa shape index (κ3) is 6.68. The van der Waals surface area contributed by atoms with Crippen molar-refractivity contribution < 1.29 is 0 Å². The van der Waals surface area contributed by atoms with E-state index in [-0.39, 0.29) is 0 Å². The first kappa shape index (κ1) is 31.3. The topological polar surface area (TPSA) is 0 Å². The molecule has 0 aliphatic rings. The molecule has 1 atom stereocenters. The third-order valence-corrected chi connectivity index (χ3v) is 12.7. The standard InChI is InChI=1S/C9H3Br2Cl15/c10-4(15,16)1-3(13,14)2(12)5(17,18)6(19,20)7(21,22)8(23,24)9(11,25)26/h2H,1H2. The maximum absolute atomic E-state index is 6.24. The monoisotopic (exact) mass is 793 g/mol. The van der Waals surface area contributed by atoms with E-state index in [1.807, 2.05) is 0 Å². The molecule has 0 rings (SSSR count). The van der Waals surface area contributed by atoms with Gasteiger partial charge in [0.2, 0.25) is 3.24 Å². The molecule has 1 unspecified atom stereocenters. The molecule has 0 saturated carbocycles. The van der Waals surface area contributed by atoms with E-state index in [9.17, 15) is 0 Å². The van der Waals surface area contributed by atoms with E-state index in [0.29, 0.717) is 0 Å². The molecule has 0 aromatic heterocycles. The van der Waals surface area contributed by atoms with Crippen LogP contribution < -0.4 is 0 Å². The van der Waals surface area contributed by atoms with E-state index in [1.165, 1.54) is 0 Å². The number of hydrogen-bond acceptors (Lipinski definition) is 0. The summed E-state index contributed by atoms with van der Waals surface area (Å²) in [6.07, 6.45) is -0.400. The van der Waals surface area contributed by atoms with E-state index in [2.05, 4.69) is 31.9 Å². The summed E-state index contributed by atoms with van der Waals surface area (Å²) in [7, 11) is 0. The van der Waals surface area contributed by atoms with Crippen LogP contribution in [0.2, 0.25) is 0 Å². The van der Waals surface area contributed by atoms with E-state index in [4.69, 9.17) is 174 Å². The van der Waals surface area contributed by atoms with Gasteiger partial charge in [-0.2, -0.15) is 0 Å². The molecule has 0 heterocycles. The highest BCUT2D eigenvalue weighted by Crippen LogP contribution is 2.68. The van der Waals surface area contributed by atoms with Crippen LogP contribution in [0.4, 0.5) is 0 Å². The summed E-state index contributed by atoms with van der Waals surface area (Å²) >= 11 is 97.0. The van der Waals surface area contributed by atoms with E-state index >= 15 is 0 Å². The average molecular weight is 803 g/mol. The number of alkyl halides is 17. The Bertz CT molecular complexity index is 502. The van der Waals surface area contributed by atoms with Crippen LogP contribution in [-0.4, -0.2) is 33.5 Å². The second kappa shape index (κ2) is 9.89. The second-order valence-corrected chi connectivity index (χ2v) is 19.3. The highest BCUT2D eigenvalue weighted by molar-refractivity contribution is 9.11. The molecule has 0 saturated heterocycles. The van der Waals surface area contributed by atoms with Gasteiger partial charge in [-0.3, -0.25) is 0 Å². The number of halogens is 17. The summed E-state index contributed by atoms with van der Waals surface area (Å²) in [4.78, 5) is 0. The Morgan fingerprint density at radius 3 is 1.19 bits per heavy atom. The first-order valence-electron chi connectivity index (χ1n) is 5.53. The van der Waals surface area contributed by atoms with Crippen molar-refractivity contribution in [1.29, 1.82) is 0 Å². The van der Waals surface area contributed by atoms with Crippen molar-refractivity contribution in [2.75, 3.05) is 0 Å². The Morgan fingerprint density at radius 2 is 0.923 bits per heavy atom. The highest BCUT2D eigenvalue weighted by atomic mass is 79.9. The minimum atomic E-state index is -2.67. The van der Waals surface area contributed by atoms with Crippen molar-refractivity contribution in [3.05, 3.63) is 0 Å². The molecule has 158 valence electrons. The zero-order valence-electron chi connectivity index (χ0n) is 11.2. The van der Waals surface area contributed by atoms with Gasteiger partial charge in [0.15, 0.2) is 20.6 Å². The summed E-state index contributed by atoms with van der Waals surface area (Å²) in [5.74, 6) is 0. The van der Waals surface area contributed by atoms with Crippen LogP contribution in [0.1, 0.15) is 6.42 Å². The molecule has 0 aliphatic carbocycles. The molecule has 0 amide bonds. The van der Waals surface area contributed by atoms with Gasteiger partial charge in [-0.15, -0.1) is 11.6 Å². The van der Waals surface area contributed by atoms with Crippen LogP contribution in [0.25, 0.3) is 0 Å². The fraction of sp³-hybridized carbons (Fsp3) is 1.00. The van der Waals surface area contributed by atoms with Crippen molar-refractivity contribution in [3.8, 4) is 0 Å². The van der Waals surface area contributed by atoms with Gasteiger partial charge in [0.1, 0.15) is 9.71 Å². The van der Waals surface area contributed by atoms with E-state index in [1.54, 1.807) is 0 Å². The Hall–Kier alpha value is 5.31. The first-order valence-corrected chi connectivity index (χ1v) is 12.8. The summed E-state index contributed by atoms with van der Waals surface area (Å²) in [6, 6.07) is 0. The van der Waals surface area contributed by atoms with Gasteiger partial charge < -0.3 is 0 Å². The fourth-order valence-electron chi connectivity index (χ4n) is 1.37. The normalized spacial score (nSPS) is 17.4. The summed E-state index contributed by atoms with van der Waals surface area (Å²) < 4.78 is -16.1. The van der Waals surface area contributed by atoms with Gasteiger partial charge >= 0.3 is 0 Å². The smallest absolute Gasteiger partial charge is 0.116 e. The van der Waals surface area contributed by atoms with Crippen molar-refractivity contribution in [1.82, 2.24) is 0 Å². The predicted octanol–water partition coefficient (Wildman–Crippen LogP) is 10.9. The Morgan fingerprint density at radius 1 is 0.577 bits per heavy atom. The van der Waals surface area contributed by atoms with Gasteiger partial charge in [-0.25, -0.2) is 0 Å². The van der Waals surface area contributed by atoms with Gasteiger partial charge in [0.05, 0.1) is 0 Å². The molecule has 0 bridgehead atoms. The lowest BCUT2D eigenvalue weighted by molar-refractivity contribution is 0.490. The van der Waals surface area contributed by atoms with Crippen LogP contribution in [0.15, 0.2) is 0 Å². The fourth-order valence-corrected chi connectivity index (χ4v) is 7.54. The molecule has 17 heteroatoms. The summed E-state index contributed by atoms with van der Waals surface area (Å²) in [6.45, 7) is 0. The number of hydrogen-bond donors (Lipinski definition) is 0. The Balaban J connectivity index is 6.18. The zero-order chi connectivity index (χ0) is 21.8. The van der Waals surface area contributed by atoms with Crippen LogP contribution in [0.3, 0.4) is 0 Å². The SMILES string of the molecule is ClC(C(Cl)(Cl)CC(Cl)(Cl)Br)C(Cl)(Cl)C(Cl)(Cl)C(Cl)(Cl)C(Cl)(Cl)C(Cl)(Cl)Br. The van der Waals surface area contributed by atoms with Crippen molar-refractivity contribution >= 4 is 206 Å². The summed E-state index contributed by atoms with van der Waals surface area (Å²) in [5.41, 5.74) is 0. The zero-order valence-corrected chi connectivity index (χ0v) is 25.7. The quantitative estimate of drug-likeness (QED) is 0.215. The summed E-state index contributed by atoms with van der Waals surface area (Å²) in [5, 5.41) is -1.69. The predicted molar refractivity (Wildman–Crippen MR) is 133 cm³/mol. The molecule has 0 radical (unpaired) electrons. The van der Waals surface area contributed by atoms with Gasteiger partial charge in [-0.1, -0.05) is 162 Å². The van der Waals surface area contributed by atoms with Crippen LogP contribution in [0.5, 0.6) is 0 Å². The lowest BCUT2D eigenvalue weighted by atomic mass is 10.0.